The third-order valence-corrected chi connectivity index (χ3v) is 2.95. The molecule has 1 heterocycles. The maximum atomic E-state index is 12.1. The van der Waals surface area contributed by atoms with Crippen LogP contribution >= 0.6 is 24.0 Å². The van der Waals surface area contributed by atoms with E-state index in [1.807, 2.05) is 31.5 Å². The first-order valence-corrected chi connectivity index (χ1v) is 7.42. The SMILES string of the molecule is CCNC(=NCCCn1nc(C)cc1C)NCCC(F)(F)F.I. The van der Waals surface area contributed by atoms with E-state index in [1.54, 1.807) is 0 Å². The molecule has 0 spiro atoms. The fraction of sp³-hybridized carbons (Fsp3) is 0.714. The summed E-state index contributed by atoms with van der Waals surface area (Å²) < 4.78 is 38.3. The van der Waals surface area contributed by atoms with Crippen LogP contribution in [0.3, 0.4) is 0 Å². The van der Waals surface area contributed by atoms with Crippen LogP contribution in [0.4, 0.5) is 13.2 Å². The van der Waals surface area contributed by atoms with Gasteiger partial charge in [-0.05, 0) is 33.3 Å². The van der Waals surface area contributed by atoms with Crippen LogP contribution in [0, 0.1) is 13.8 Å². The first-order chi connectivity index (χ1) is 10.3. The van der Waals surface area contributed by atoms with Crippen molar-refractivity contribution in [3.05, 3.63) is 17.5 Å². The van der Waals surface area contributed by atoms with Gasteiger partial charge in [-0.2, -0.15) is 18.3 Å². The van der Waals surface area contributed by atoms with Crippen LogP contribution in [0.5, 0.6) is 0 Å². The third kappa shape index (κ3) is 9.67. The molecule has 0 saturated heterocycles. The zero-order valence-corrected chi connectivity index (χ0v) is 16.0. The summed E-state index contributed by atoms with van der Waals surface area (Å²) in [5, 5.41) is 9.97. The minimum atomic E-state index is -4.15. The van der Waals surface area contributed by atoms with E-state index in [1.165, 1.54) is 0 Å². The third-order valence-electron chi connectivity index (χ3n) is 2.95. The van der Waals surface area contributed by atoms with Gasteiger partial charge in [-0.3, -0.25) is 9.67 Å². The van der Waals surface area contributed by atoms with Crippen LogP contribution in [0.15, 0.2) is 11.1 Å². The monoisotopic (exact) mass is 447 g/mol. The minimum absolute atomic E-state index is 0. The second-order valence-electron chi connectivity index (χ2n) is 5.06. The Bertz CT molecular complexity index is 485. The van der Waals surface area contributed by atoms with Crippen LogP contribution in [0.2, 0.25) is 0 Å². The molecule has 0 unspecified atom stereocenters. The Kier molecular flexibility index (Phi) is 10.2. The molecule has 0 aliphatic heterocycles. The number of rotatable bonds is 7. The van der Waals surface area contributed by atoms with E-state index in [2.05, 4.69) is 20.7 Å². The molecular weight excluding hydrogens is 422 g/mol. The highest BCUT2D eigenvalue weighted by molar-refractivity contribution is 14.0. The summed E-state index contributed by atoms with van der Waals surface area (Å²) in [5.74, 6) is 0.417. The van der Waals surface area contributed by atoms with E-state index in [9.17, 15) is 13.2 Å². The van der Waals surface area contributed by atoms with Crippen LogP contribution < -0.4 is 10.6 Å². The summed E-state index contributed by atoms with van der Waals surface area (Å²) in [5.41, 5.74) is 2.07. The van der Waals surface area contributed by atoms with Crippen LogP contribution in [-0.2, 0) is 6.54 Å². The molecule has 0 radical (unpaired) electrons. The van der Waals surface area contributed by atoms with Gasteiger partial charge in [0.25, 0.3) is 0 Å². The molecule has 1 aromatic rings. The zero-order chi connectivity index (χ0) is 16.6. The quantitative estimate of drug-likeness (QED) is 0.293. The fourth-order valence-corrected chi connectivity index (χ4v) is 1.98. The topological polar surface area (TPSA) is 54.2 Å². The van der Waals surface area contributed by atoms with Crippen molar-refractivity contribution in [3.63, 3.8) is 0 Å². The van der Waals surface area contributed by atoms with Gasteiger partial charge in [0, 0.05) is 31.9 Å². The largest absolute Gasteiger partial charge is 0.390 e. The number of halogens is 4. The highest BCUT2D eigenvalue weighted by atomic mass is 127. The van der Waals surface area contributed by atoms with E-state index in [4.69, 9.17) is 0 Å². The number of hydrogen-bond donors (Lipinski definition) is 2. The van der Waals surface area contributed by atoms with Gasteiger partial charge in [-0.25, -0.2) is 0 Å². The van der Waals surface area contributed by atoms with Crippen LogP contribution in [0.25, 0.3) is 0 Å². The zero-order valence-electron chi connectivity index (χ0n) is 13.7. The van der Waals surface area contributed by atoms with Gasteiger partial charge in [0.15, 0.2) is 5.96 Å². The highest BCUT2D eigenvalue weighted by Gasteiger charge is 2.26. The number of aromatic nitrogens is 2. The molecule has 23 heavy (non-hydrogen) atoms. The predicted molar refractivity (Wildman–Crippen MR) is 96.4 cm³/mol. The van der Waals surface area contributed by atoms with Crippen molar-refractivity contribution in [2.24, 2.45) is 4.99 Å². The van der Waals surface area contributed by atoms with Crippen molar-refractivity contribution in [2.45, 2.75) is 46.3 Å². The van der Waals surface area contributed by atoms with Gasteiger partial charge < -0.3 is 10.6 Å². The Hall–Kier alpha value is -1.00. The lowest BCUT2D eigenvalue weighted by Crippen LogP contribution is -2.39. The van der Waals surface area contributed by atoms with E-state index in [0.29, 0.717) is 19.0 Å². The van der Waals surface area contributed by atoms with Gasteiger partial charge in [-0.1, -0.05) is 0 Å². The summed E-state index contributed by atoms with van der Waals surface area (Å²) in [6.07, 6.45) is -4.25. The molecule has 0 fully saturated rings. The van der Waals surface area contributed by atoms with Crippen molar-refractivity contribution >= 4 is 29.9 Å². The number of nitrogens with zero attached hydrogens (tertiary/aromatic N) is 3. The fourth-order valence-electron chi connectivity index (χ4n) is 1.98. The molecule has 1 aromatic heterocycles. The highest BCUT2D eigenvalue weighted by Crippen LogP contribution is 2.18. The standard InChI is InChI=1S/C14H24F3N5.HI/c1-4-18-13(20-8-6-14(15,16)17)19-7-5-9-22-12(3)10-11(2)21-22;/h10H,4-9H2,1-3H3,(H2,18,19,20);1H. The molecule has 0 atom stereocenters. The maximum absolute atomic E-state index is 12.1. The molecule has 2 N–H and O–H groups in total. The second kappa shape index (κ2) is 10.7. The first kappa shape index (κ1) is 22.0. The molecule has 0 saturated carbocycles. The number of hydrogen-bond acceptors (Lipinski definition) is 2. The molecule has 0 amide bonds. The number of aryl methyl sites for hydroxylation is 3. The molecule has 5 nitrogen and oxygen atoms in total. The number of guanidine groups is 1. The Labute approximate surface area is 152 Å². The number of aliphatic imine (C=N–C) groups is 1. The summed E-state index contributed by atoms with van der Waals surface area (Å²) in [6, 6.07) is 2.01. The average molecular weight is 447 g/mol. The molecule has 134 valence electrons. The Balaban J connectivity index is 0.00000484. The maximum Gasteiger partial charge on any atom is 0.390 e. The smallest absolute Gasteiger partial charge is 0.357 e. The van der Waals surface area contributed by atoms with Crippen LogP contribution in [0.1, 0.15) is 31.2 Å². The Morgan fingerprint density at radius 3 is 2.52 bits per heavy atom. The van der Waals surface area contributed by atoms with E-state index in [-0.39, 0.29) is 30.5 Å². The first-order valence-electron chi connectivity index (χ1n) is 7.42. The molecule has 0 aliphatic carbocycles. The lowest BCUT2D eigenvalue weighted by Gasteiger charge is -2.12. The van der Waals surface area contributed by atoms with Crippen molar-refractivity contribution < 1.29 is 13.2 Å². The normalized spacial score (nSPS) is 12.0. The summed E-state index contributed by atoms with van der Waals surface area (Å²) in [4.78, 5) is 4.27. The number of alkyl halides is 3. The molecule has 9 heteroatoms. The van der Waals surface area contributed by atoms with Gasteiger partial charge in [-0.15, -0.1) is 24.0 Å². The molecule has 0 bridgehead atoms. The van der Waals surface area contributed by atoms with Gasteiger partial charge in [0.05, 0.1) is 12.1 Å². The number of nitrogens with one attached hydrogen (secondary N) is 2. The van der Waals surface area contributed by atoms with Gasteiger partial charge >= 0.3 is 6.18 Å². The van der Waals surface area contributed by atoms with E-state index >= 15 is 0 Å². The second-order valence-corrected chi connectivity index (χ2v) is 5.06. The van der Waals surface area contributed by atoms with Gasteiger partial charge in [0.2, 0.25) is 0 Å². The van der Waals surface area contributed by atoms with E-state index in [0.717, 1.165) is 24.4 Å². The summed E-state index contributed by atoms with van der Waals surface area (Å²) in [7, 11) is 0. The Morgan fingerprint density at radius 1 is 1.30 bits per heavy atom. The molecule has 0 aliphatic rings. The average Bonchev–Trinajstić information content (AvgIpc) is 2.71. The molecular formula is C14H25F3IN5. The molecule has 0 aromatic carbocycles. The van der Waals surface area contributed by atoms with E-state index < -0.39 is 12.6 Å². The molecule has 1 rings (SSSR count). The minimum Gasteiger partial charge on any atom is -0.357 e. The van der Waals surface area contributed by atoms with Crippen molar-refractivity contribution in [1.82, 2.24) is 20.4 Å². The van der Waals surface area contributed by atoms with Crippen molar-refractivity contribution in [2.75, 3.05) is 19.6 Å². The predicted octanol–water partition coefficient (Wildman–Crippen LogP) is 3.02. The lowest BCUT2D eigenvalue weighted by atomic mass is 10.4. The van der Waals surface area contributed by atoms with Gasteiger partial charge in [0.1, 0.15) is 0 Å². The summed E-state index contributed by atoms with van der Waals surface area (Å²) >= 11 is 0. The summed E-state index contributed by atoms with van der Waals surface area (Å²) in [6.45, 7) is 7.51. The lowest BCUT2D eigenvalue weighted by molar-refractivity contribution is -0.132. The van der Waals surface area contributed by atoms with Crippen molar-refractivity contribution in [3.8, 4) is 0 Å². The van der Waals surface area contributed by atoms with Crippen molar-refractivity contribution in [1.29, 1.82) is 0 Å². The Morgan fingerprint density at radius 2 is 2.00 bits per heavy atom. The van der Waals surface area contributed by atoms with Crippen LogP contribution in [-0.4, -0.2) is 41.6 Å².